The van der Waals surface area contributed by atoms with Crippen molar-refractivity contribution < 1.29 is 23.5 Å². The first-order valence-electron chi connectivity index (χ1n) is 13.5. The number of nitrogens with zero attached hydrogens (tertiary/aromatic N) is 3. The summed E-state index contributed by atoms with van der Waals surface area (Å²) >= 11 is 0. The van der Waals surface area contributed by atoms with Gasteiger partial charge >= 0.3 is 0 Å². The van der Waals surface area contributed by atoms with Gasteiger partial charge in [0, 0.05) is 30.9 Å². The topological polar surface area (TPSA) is 82.2 Å². The fourth-order valence-electron chi connectivity index (χ4n) is 5.68. The molecular formula is C31H33FN4O4. The van der Waals surface area contributed by atoms with E-state index in [2.05, 4.69) is 10.2 Å². The Bertz CT molecular complexity index is 1370. The second-order valence-electron chi connectivity index (χ2n) is 10.2. The Hall–Kier alpha value is -4.40. The van der Waals surface area contributed by atoms with Gasteiger partial charge in [-0.25, -0.2) is 4.39 Å². The molecule has 2 saturated heterocycles. The van der Waals surface area contributed by atoms with Crippen molar-refractivity contribution in [3.8, 4) is 5.75 Å². The van der Waals surface area contributed by atoms with Crippen LogP contribution in [0.15, 0.2) is 78.9 Å². The average molecular weight is 545 g/mol. The van der Waals surface area contributed by atoms with Crippen molar-refractivity contribution in [3.63, 3.8) is 0 Å². The van der Waals surface area contributed by atoms with Crippen LogP contribution >= 0.6 is 0 Å². The van der Waals surface area contributed by atoms with Gasteiger partial charge in [-0.05, 0) is 61.2 Å². The number of benzene rings is 3. The monoisotopic (exact) mass is 544 g/mol. The molecule has 5 rings (SSSR count). The Labute approximate surface area is 233 Å². The average Bonchev–Trinajstić information content (AvgIpc) is 3.24. The van der Waals surface area contributed by atoms with Crippen LogP contribution in [0.3, 0.4) is 0 Å². The third-order valence-corrected chi connectivity index (χ3v) is 7.77. The van der Waals surface area contributed by atoms with Gasteiger partial charge in [0.25, 0.3) is 11.8 Å². The van der Waals surface area contributed by atoms with Gasteiger partial charge in [-0.2, -0.15) is 0 Å². The molecule has 2 fully saturated rings. The Morgan fingerprint density at radius 1 is 0.975 bits per heavy atom. The van der Waals surface area contributed by atoms with Gasteiger partial charge in [0.05, 0.1) is 13.8 Å². The highest BCUT2D eigenvalue weighted by Gasteiger charge is 2.54. The minimum Gasteiger partial charge on any atom is -0.496 e. The molecule has 208 valence electrons. The maximum Gasteiger partial charge on any atom is 0.253 e. The second-order valence-corrected chi connectivity index (χ2v) is 10.2. The van der Waals surface area contributed by atoms with Gasteiger partial charge in [0.2, 0.25) is 5.91 Å². The fourth-order valence-corrected chi connectivity index (χ4v) is 5.68. The number of rotatable bonds is 8. The van der Waals surface area contributed by atoms with Gasteiger partial charge in [-0.15, -0.1) is 0 Å². The number of halogens is 1. The minimum absolute atomic E-state index is 0.0538. The van der Waals surface area contributed by atoms with Gasteiger partial charge in [-0.3, -0.25) is 14.4 Å². The zero-order valence-electron chi connectivity index (χ0n) is 22.5. The van der Waals surface area contributed by atoms with E-state index in [0.717, 1.165) is 17.0 Å². The summed E-state index contributed by atoms with van der Waals surface area (Å²) in [7, 11) is 1.62. The van der Waals surface area contributed by atoms with Crippen LogP contribution in [0.4, 0.5) is 10.1 Å². The number of carbonyl (C=O) groups is 3. The number of anilines is 1. The molecule has 0 radical (unpaired) electrons. The highest BCUT2D eigenvalue weighted by Crippen LogP contribution is 2.39. The molecule has 3 amide bonds. The van der Waals surface area contributed by atoms with E-state index in [4.69, 9.17) is 4.74 Å². The molecule has 3 aromatic carbocycles. The lowest BCUT2D eigenvalue weighted by atomic mass is 9.85. The van der Waals surface area contributed by atoms with Crippen LogP contribution < -0.4 is 15.0 Å². The second kappa shape index (κ2) is 11.8. The number of ether oxygens (including phenoxy) is 1. The Kier molecular flexibility index (Phi) is 8.00. The first-order chi connectivity index (χ1) is 19.4. The maximum atomic E-state index is 13.9. The molecule has 9 heteroatoms. The lowest BCUT2D eigenvalue weighted by Crippen LogP contribution is -2.57. The van der Waals surface area contributed by atoms with E-state index in [1.165, 1.54) is 18.2 Å². The molecule has 40 heavy (non-hydrogen) atoms. The van der Waals surface area contributed by atoms with Crippen molar-refractivity contribution in [3.05, 3.63) is 95.8 Å². The van der Waals surface area contributed by atoms with Crippen LogP contribution in [0.2, 0.25) is 0 Å². The predicted molar refractivity (Wildman–Crippen MR) is 149 cm³/mol. The largest absolute Gasteiger partial charge is 0.496 e. The molecule has 8 nitrogen and oxygen atoms in total. The van der Waals surface area contributed by atoms with Gasteiger partial charge in [-0.1, -0.05) is 42.5 Å². The molecule has 0 aromatic heterocycles. The van der Waals surface area contributed by atoms with Crippen LogP contribution in [-0.4, -0.2) is 73.0 Å². The summed E-state index contributed by atoms with van der Waals surface area (Å²) in [5, 5.41) is 2.93. The summed E-state index contributed by atoms with van der Waals surface area (Å²) in [5.74, 6) is -0.287. The number of methoxy groups -OCH3 is 1. The number of amides is 3. The van der Waals surface area contributed by atoms with Crippen LogP contribution in [-0.2, 0) is 16.0 Å². The van der Waals surface area contributed by atoms with E-state index in [-0.39, 0.29) is 30.9 Å². The number of piperidine rings is 1. The molecule has 2 aliphatic heterocycles. The molecular weight excluding hydrogens is 511 g/mol. The summed E-state index contributed by atoms with van der Waals surface area (Å²) in [4.78, 5) is 45.1. The number of hydrogen-bond acceptors (Lipinski definition) is 5. The fraction of sp³-hybridized carbons (Fsp3) is 0.323. The van der Waals surface area contributed by atoms with Gasteiger partial charge in [0.15, 0.2) is 0 Å². The smallest absolute Gasteiger partial charge is 0.253 e. The Balaban J connectivity index is 1.26. The number of nitrogens with one attached hydrogen (secondary N) is 1. The first-order valence-corrected chi connectivity index (χ1v) is 13.5. The highest BCUT2D eigenvalue weighted by atomic mass is 19.1. The van der Waals surface area contributed by atoms with Crippen molar-refractivity contribution in [2.24, 2.45) is 0 Å². The van der Waals surface area contributed by atoms with Crippen LogP contribution in [0, 0.1) is 5.82 Å². The molecule has 0 saturated carbocycles. The zero-order chi connectivity index (χ0) is 28.1. The molecule has 2 heterocycles. The van der Waals surface area contributed by atoms with Crippen molar-refractivity contribution >= 4 is 23.4 Å². The molecule has 0 aliphatic carbocycles. The molecule has 0 bridgehead atoms. The van der Waals surface area contributed by atoms with E-state index in [1.54, 1.807) is 23.0 Å². The van der Waals surface area contributed by atoms with E-state index >= 15 is 0 Å². The van der Waals surface area contributed by atoms with E-state index in [0.29, 0.717) is 44.5 Å². The molecule has 1 spiro atoms. The lowest BCUT2D eigenvalue weighted by Gasteiger charge is -2.43. The van der Waals surface area contributed by atoms with Crippen LogP contribution in [0.1, 0.15) is 28.8 Å². The normalized spacial score (nSPS) is 16.4. The van der Waals surface area contributed by atoms with Crippen LogP contribution in [0.5, 0.6) is 5.75 Å². The van der Waals surface area contributed by atoms with E-state index < -0.39 is 11.4 Å². The van der Waals surface area contributed by atoms with Gasteiger partial charge < -0.3 is 24.8 Å². The summed E-state index contributed by atoms with van der Waals surface area (Å²) in [6.07, 6.45) is 1.43. The number of hydrogen-bond donors (Lipinski definition) is 1. The number of likely N-dealkylation sites (tertiary alicyclic amines) is 1. The Morgan fingerprint density at radius 3 is 2.42 bits per heavy atom. The molecule has 0 unspecified atom stereocenters. The predicted octanol–water partition coefficient (Wildman–Crippen LogP) is 3.47. The summed E-state index contributed by atoms with van der Waals surface area (Å²) in [6.45, 7) is 1.35. The quantitative estimate of drug-likeness (QED) is 0.470. The Morgan fingerprint density at radius 2 is 1.70 bits per heavy atom. The third kappa shape index (κ3) is 5.50. The molecule has 3 aromatic rings. The summed E-state index contributed by atoms with van der Waals surface area (Å²) in [6, 6.07) is 23.0. The summed E-state index contributed by atoms with van der Waals surface area (Å²) in [5.41, 5.74) is 1.31. The van der Waals surface area contributed by atoms with Crippen molar-refractivity contribution in [1.29, 1.82) is 0 Å². The standard InChI is InChI=1S/C31H33FN4O4/c1-40-27-13-6-5-8-23(27)14-17-33-28(37)21-35-22-36(26-11-3-2-4-12-26)31(30(35)39)15-18-34(19-16-31)29(38)24-9-7-10-25(32)20-24/h2-13,20H,14-19,21-22H2,1H3,(H,33,37). The lowest BCUT2D eigenvalue weighted by molar-refractivity contribution is -0.137. The van der Waals surface area contributed by atoms with E-state index in [1.807, 2.05) is 54.6 Å². The molecule has 2 aliphatic rings. The van der Waals surface area contributed by atoms with Crippen molar-refractivity contribution in [1.82, 2.24) is 15.1 Å². The van der Waals surface area contributed by atoms with Crippen molar-refractivity contribution in [2.45, 2.75) is 24.8 Å². The number of carbonyl (C=O) groups excluding carboxylic acids is 3. The summed E-state index contributed by atoms with van der Waals surface area (Å²) < 4.78 is 19.1. The molecule has 0 atom stereocenters. The first kappa shape index (κ1) is 27.2. The van der Waals surface area contributed by atoms with Crippen molar-refractivity contribution in [2.75, 3.05) is 44.9 Å². The third-order valence-electron chi connectivity index (χ3n) is 7.77. The molecule has 1 N–H and O–H groups in total. The van der Waals surface area contributed by atoms with Crippen LogP contribution in [0.25, 0.3) is 0 Å². The zero-order valence-corrected chi connectivity index (χ0v) is 22.5. The van der Waals surface area contributed by atoms with Gasteiger partial charge in [0.1, 0.15) is 23.7 Å². The minimum atomic E-state index is -0.863. The van der Waals surface area contributed by atoms with E-state index in [9.17, 15) is 18.8 Å². The SMILES string of the molecule is COc1ccccc1CCNC(=O)CN1CN(c2ccccc2)C2(CCN(C(=O)c3cccc(F)c3)CC2)C1=O. The number of para-hydroxylation sites is 2. The highest BCUT2D eigenvalue weighted by molar-refractivity contribution is 5.97. The maximum absolute atomic E-state index is 13.9.